The maximum Gasteiger partial charge on any atom is 0.157 e. The van der Waals surface area contributed by atoms with Crippen molar-refractivity contribution in [1.29, 1.82) is 0 Å². The number of nitrogens with zero attached hydrogens (tertiary/aromatic N) is 3. The molecule has 0 aliphatic carbocycles. The first-order valence-electron chi connectivity index (χ1n) is 4.82. The average molecular weight is 216 g/mol. The molecule has 0 atom stereocenters. The van der Waals surface area contributed by atoms with Gasteiger partial charge in [-0.05, 0) is 12.1 Å². The van der Waals surface area contributed by atoms with E-state index in [0.29, 0.717) is 18.2 Å². The number of aromatic nitrogens is 3. The lowest BCUT2D eigenvalue weighted by Crippen LogP contribution is -2.02. The molecule has 16 heavy (non-hydrogen) atoms. The van der Waals surface area contributed by atoms with E-state index in [1.165, 1.54) is 0 Å². The van der Waals surface area contributed by atoms with Crippen LogP contribution >= 0.6 is 0 Å². The Morgan fingerprint density at radius 3 is 2.94 bits per heavy atom. The highest BCUT2D eigenvalue weighted by Gasteiger charge is 2.04. The van der Waals surface area contributed by atoms with Gasteiger partial charge in [0.25, 0.3) is 0 Å². The fourth-order valence-electron chi connectivity index (χ4n) is 1.37. The third kappa shape index (κ3) is 2.32. The number of hydrogen-bond donors (Lipinski definition) is 1. The first-order valence-corrected chi connectivity index (χ1v) is 4.82. The Hall–Kier alpha value is -2.01. The van der Waals surface area contributed by atoms with Crippen LogP contribution in [0.4, 0.5) is 5.82 Å². The first-order chi connectivity index (χ1) is 7.79. The molecule has 0 aliphatic heterocycles. The normalized spacial score (nSPS) is 10.3. The zero-order valence-electron chi connectivity index (χ0n) is 8.92. The molecule has 5 nitrogen and oxygen atoms in total. The van der Waals surface area contributed by atoms with E-state index in [4.69, 9.17) is 10.5 Å². The summed E-state index contributed by atoms with van der Waals surface area (Å²) in [5.74, 6) is 1.00. The smallest absolute Gasteiger partial charge is 0.157 e. The van der Waals surface area contributed by atoms with E-state index in [1.807, 2.05) is 12.1 Å². The topological polar surface area (TPSA) is 73.9 Å². The van der Waals surface area contributed by atoms with E-state index in [-0.39, 0.29) is 0 Å². The van der Waals surface area contributed by atoms with E-state index in [2.05, 4.69) is 15.0 Å². The molecule has 0 spiro atoms. The first kappa shape index (κ1) is 10.5. The highest BCUT2D eigenvalue weighted by Crippen LogP contribution is 2.17. The zero-order valence-corrected chi connectivity index (χ0v) is 8.92. The monoisotopic (exact) mass is 216 g/mol. The van der Waals surface area contributed by atoms with Crippen LogP contribution < -0.4 is 5.73 Å². The third-order valence-corrected chi connectivity index (χ3v) is 2.02. The van der Waals surface area contributed by atoms with Crippen molar-refractivity contribution >= 4 is 5.82 Å². The van der Waals surface area contributed by atoms with Crippen molar-refractivity contribution < 1.29 is 4.74 Å². The summed E-state index contributed by atoms with van der Waals surface area (Å²) in [7, 11) is 1.59. The van der Waals surface area contributed by atoms with Crippen LogP contribution in [0.2, 0.25) is 0 Å². The molecule has 0 saturated carbocycles. The lowest BCUT2D eigenvalue weighted by atomic mass is 10.2. The quantitative estimate of drug-likeness (QED) is 0.836. The molecule has 0 amide bonds. The summed E-state index contributed by atoms with van der Waals surface area (Å²) in [6.45, 7) is 0.346. The lowest BCUT2D eigenvalue weighted by Gasteiger charge is -2.04. The Labute approximate surface area is 93.3 Å². The van der Waals surface area contributed by atoms with Crippen molar-refractivity contribution in [3.8, 4) is 11.3 Å². The maximum absolute atomic E-state index is 5.70. The SMILES string of the molecule is COCc1nc(N)cc(-c2cccnc2)n1. The molecule has 0 fully saturated rings. The van der Waals surface area contributed by atoms with Gasteiger partial charge in [-0.1, -0.05) is 0 Å². The van der Waals surface area contributed by atoms with Crippen molar-refractivity contribution in [2.75, 3.05) is 12.8 Å². The summed E-state index contributed by atoms with van der Waals surface area (Å²) in [6, 6.07) is 5.49. The van der Waals surface area contributed by atoms with Crippen LogP contribution in [0.1, 0.15) is 5.82 Å². The van der Waals surface area contributed by atoms with Gasteiger partial charge in [-0.25, -0.2) is 9.97 Å². The van der Waals surface area contributed by atoms with Gasteiger partial charge in [0.05, 0.1) is 5.69 Å². The molecule has 0 aromatic carbocycles. The second-order valence-corrected chi connectivity index (χ2v) is 3.27. The number of methoxy groups -OCH3 is 1. The van der Waals surface area contributed by atoms with Crippen molar-refractivity contribution in [1.82, 2.24) is 15.0 Å². The molecule has 2 N–H and O–H groups in total. The minimum atomic E-state index is 0.346. The highest BCUT2D eigenvalue weighted by molar-refractivity contribution is 5.60. The van der Waals surface area contributed by atoms with Gasteiger partial charge in [-0.3, -0.25) is 4.98 Å². The van der Waals surface area contributed by atoms with Crippen LogP contribution in [-0.2, 0) is 11.3 Å². The standard InChI is InChI=1S/C11H12N4O/c1-16-7-11-14-9(5-10(12)15-11)8-3-2-4-13-6-8/h2-6H,7H2,1H3,(H2,12,14,15). The Kier molecular flexibility index (Phi) is 3.07. The van der Waals surface area contributed by atoms with Gasteiger partial charge >= 0.3 is 0 Å². The predicted octanol–water partition coefficient (Wildman–Crippen LogP) is 1.27. The number of nitrogens with two attached hydrogens (primary N) is 1. The molecule has 2 rings (SSSR count). The average Bonchev–Trinajstić information content (AvgIpc) is 2.30. The number of rotatable bonds is 3. The number of pyridine rings is 1. The van der Waals surface area contributed by atoms with Crippen molar-refractivity contribution in [3.63, 3.8) is 0 Å². The van der Waals surface area contributed by atoms with Gasteiger partial charge in [0.2, 0.25) is 0 Å². The predicted molar refractivity (Wildman–Crippen MR) is 60.4 cm³/mol. The summed E-state index contributed by atoms with van der Waals surface area (Å²) in [4.78, 5) is 12.4. The summed E-state index contributed by atoms with van der Waals surface area (Å²) in [5.41, 5.74) is 7.37. The Bertz CT molecular complexity index is 473. The van der Waals surface area contributed by atoms with Crippen LogP contribution in [0.15, 0.2) is 30.6 Å². The molecule has 0 saturated heterocycles. The van der Waals surface area contributed by atoms with E-state index in [9.17, 15) is 0 Å². The minimum Gasteiger partial charge on any atom is -0.384 e. The number of anilines is 1. The summed E-state index contributed by atoms with van der Waals surface area (Å²) >= 11 is 0. The molecule has 2 aromatic rings. The molecule has 0 bridgehead atoms. The molecule has 0 radical (unpaired) electrons. The second kappa shape index (κ2) is 4.67. The minimum absolute atomic E-state index is 0.346. The summed E-state index contributed by atoms with van der Waals surface area (Å²) < 4.78 is 4.98. The fraction of sp³-hybridized carbons (Fsp3) is 0.182. The largest absolute Gasteiger partial charge is 0.384 e. The molecule has 5 heteroatoms. The van der Waals surface area contributed by atoms with Gasteiger partial charge < -0.3 is 10.5 Å². The molecular formula is C11H12N4O. The van der Waals surface area contributed by atoms with Gasteiger partial charge in [0.15, 0.2) is 5.82 Å². The maximum atomic E-state index is 5.70. The molecule has 0 unspecified atom stereocenters. The Morgan fingerprint density at radius 1 is 1.38 bits per heavy atom. The van der Waals surface area contributed by atoms with Crippen LogP contribution in [-0.4, -0.2) is 22.1 Å². The van der Waals surface area contributed by atoms with Crippen LogP contribution in [0, 0.1) is 0 Å². The Balaban J connectivity index is 2.41. The molecule has 2 heterocycles. The van der Waals surface area contributed by atoms with Crippen LogP contribution in [0.3, 0.4) is 0 Å². The van der Waals surface area contributed by atoms with E-state index in [1.54, 1.807) is 25.6 Å². The lowest BCUT2D eigenvalue weighted by molar-refractivity contribution is 0.178. The van der Waals surface area contributed by atoms with E-state index >= 15 is 0 Å². The van der Waals surface area contributed by atoms with E-state index < -0.39 is 0 Å². The number of ether oxygens (including phenoxy) is 1. The molecular weight excluding hydrogens is 204 g/mol. The highest BCUT2D eigenvalue weighted by atomic mass is 16.5. The van der Waals surface area contributed by atoms with Gasteiger partial charge in [0.1, 0.15) is 12.4 Å². The molecule has 82 valence electrons. The van der Waals surface area contributed by atoms with Crippen molar-refractivity contribution in [2.45, 2.75) is 6.61 Å². The van der Waals surface area contributed by atoms with Crippen LogP contribution in [0.5, 0.6) is 0 Å². The number of hydrogen-bond acceptors (Lipinski definition) is 5. The third-order valence-electron chi connectivity index (χ3n) is 2.02. The second-order valence-electron chi connectivity index (χ2n) is 3.27. The van der Waals surface area contributed by atoms with Crippen molar-refractivity contribution in [2.24, 2.45) is 0 Å². The van der Waals surface area contributed by atoms with E-state index in [0.717, 1.165) is 11.3 Å². The van der Waals surface area contributed by atoms with Crippen molar-refractivity contribution in [3.05, 3.63) is 36.4 Å². The summed E-state index contributed by atoms with van der Waals surface area (Å²) in [6.07, 6.45) is 3.45. The van der Waals surface area contributed by atoms with Crippen LogP contribution in [0.25, 0.3) is 11.3 Å². The number of nitrogen functional groups attached to an aromatic ring is 1. The zero-order chi connectivity index (χ0) is 11.4. The van der Waals surface area contributed by atoms with Gasteiger partial charge in [-0.15, -0.1) is 0 Å². The molecule has 2 aromatic heterocycles. The summed E-state index contributed by atoms with van der Waals surface area (Å²) in [5, 5.41) is 0. The Morgan fingerprint density at radius 2 is 2.25 bits per heavy atom. The fourth-order valence-corrected chi connectivity index (χ4v) is 1.37. The van der Waals surface area contributed by atoms with Gasteiger partial charge in [0, 0.05) is 31.1 Å². The molecule has 0 aliphatic rings. The van der Waals surface area contributed by atoms with Gasteiger partial charge in [-0.2, -0.15) is 0 Å².